The number of sulfonamides is 1. The summed E-state index contributed by atoms with van der Waals surface area (Å²) in [6, 6.07) is 3.02. The zero-order valence-corrected chi connectivity index (χ0v) is 13.0. The van der Waals surface area contributed by atoms with Crippen molar-refractivity contribution < 1.29 is 13.2 Å². The van der Waals surface area contributed by atoms with Crippen LogP contribution in [0.1, 0.15) is 31.7 Å². The zero-order chi connectivity index (χ0) is 14.9. The van der Waals surface area contributed by atoms with Gasteiger partial charge in [0, 0.05) is 11.7 Å². The molecule has 1 aromatic rings. The molecule has 1 fully saturated rings. The number of nitrogen functional groups attached to an aromatic ring is 1. The van der Waals surface area contributed by atoms with Crippen LogP contribution in [0.25, 0.3) is 0 Å². The Morgan fingerprint density at radius 2 is 2.10 bits per heavy atom. The normalized spacial score (nSPS) is 16.9. The summed E-state index contributed by atoms with van der Waals surface area (Å²) in [5.74, 6) is 0.987. The third-order valence-corrected chi connectivity index (χ3v) is 5.19. The highest BCUT2D eigenvalue weighted by atomic mass is 32.2. The number of hydrogen-bond donors (Lipinski definition) is 2. The van der Waals surface area contributed by atoms with Crippen LogP contribution in [0.4, 0.5) is 5.69 Å². The minimum atomic E-state index is -3.61. The molecule has 20 heavy (non-hydrogen) atoms. The van der Waals surface area contributed by atoms with Gasteiger partial charge in [-0.1, -0.05) is 12.8 Å². The molecule has 1 aliphatic rings. The van der Waals surface area contributed by atoms with Gasteiger partial charge in [0.15, 0.2) is 0 Å². The van der Waals surface area contributed by atoms with Crippen molar-refractivity contribution >= 4 is 15.7 Å². The Balaban J connectivity index is 2.25. The molecule has 1 atom stereocenters. The van der Waals surface area contributed by atoms with E-state index in [2.05, 4.69) is 4.72 Å². The van der Waals surface area contributed by atoms with Crippen LogP contribution in [0.3, 0.4) is 0 Å². The summed E-state index contributed by atoms with van der Waals surface area (Å²) in [4.78, 5) is 0.103. The predicted octanol–water partition coefficient (Wildman–Crippen LogP) is 2.05. The van der Waals surface area contributed by atoms with Crippen molar-refractivity contribution in [2.75, 3.05) is 12.8 Å². The van der Waals surface area contributed by atoms with Crippen molar-refractivity contribution in [3.05, 3.63) is 17.7 Å². The van der Waals surface area contributed by atoms with Gasteiger partial charge in [-0.05, 0) is 43.9 Å². The first kappa shape index (κ1) is 15.1. The highest BCUT2D eigenvalue weighted by molar-refractivity contribution is 7.89. The summed E-state index contributed by atoms with van der Waals surface area (Å²) in [6.07, 6.45) is 3.28. The monoisotopic (exact) mass is 298 g/mol. The van der Waals surface area contributed by atoms with Gasteiger partial charge in [0.2, 0.25) is 10.0 Å². The fourth-order valence-corrected chi connectivity index (χ4v) is 3.72. The summed E-state index contributed by atoms with van der Waals surface area (Å²) in [5.41, 5.74) is 7.06. The quantitative estimate of drug-likeness (QED) is 0.788. The zero-order valence-electron chi connectivity index (χ0n) is 12.1. The second kappa shape index (κ2) is 5.61. The molecule has 0 amide bonds. The summed E-state index contributed by atoms with van der Waals surface area (Å²) in [6.45, 7) is 3.71. The number of aryl methyl sites for hydroxylation is 1. The van der Waals surface area contributed by atoms with Crippen molar-refractivity contribution in [1.82, 2.24) is 4.72 Å². The highest BCUT2D eigenvalue weighted by Gasteiger charge is 2.27. The molecule has 1 aromatic carbocycles. The summed E-state index contributed by atoms with van der Waals surface area (Å²) in [7, 11) is -2.16. The van der Waals surface area contributed by atoms with Crippen molar-refractivity contribution in [2.24, 2.45) is 5.92 Å². The molecule has 1 saturated carbocycles. The molecule has 0 saturated heterocycles. The molecule has 0 radical (unpaired) electrons. The van der Waals surface area contributed by atoms with Gasteiger partial charge in [0.05, 0.1) is 7.11 Å². The summed E-state index contributed by atoms with van der Waals surface area (Å²) >= 11 is 0. The topological polar surface area (TPSA) is 81.4 Å². The maximum Gasteiger partial charge on any atom is 0.244 e. The molecule has 3 N–H and O–H groups in total. The largest absolute Gasteiger partial charge is 0.495 e. The first-order valence-electron chi connectivity index (χ1n) is 6.80. The van der Waals surface area contributed by atoms with Crippen LogP contribution in [0.15, 0.2) is 17.0 Å². The van der Waals surface area contributed by atoms with E-state index in [0.717, 1.165) is 12.0 Å². The van der Waals surface area contributed by atoms with E-state index in [-0.39, 0.29) is 10.9 Å². The van der Waals surface area contributed by atoms with Gasteiger partial charge in [-0.2, -0.15) is 0 Å². The average molecular weight is 298 g/mol. The lowest BCUT2D eigenvalue weighted by molar-refractivity contribution is 0.401. The van der Waals surface area contributed by atoms with E-state index >= 15 is 0 Å². The number of hydrogen-bond acceptors (Lipinski definition) is 4. The molecule has 0 heterocycles. The van der Waals surface area contributed by atoms with Crippen LogP contribution >= 0.6 is 0 Å². The molecule has 0 bridgehead atoms. The van der Waals surface area contributed by atoms with Crippen LogP contribution in [0, 0.1) is 12.8 Å². The van der Waals surface area contributed by atoms with Gasteiger partial charge < -0.3 is 10.5 Å². The number of methoxy groups -OCH3 is 1. The average Bonchev–Trinajstić information content (AvgIpc) is 3.14. The van der Waals surface area contributed by atoms with Gasteiger partial charge in [-0.25, -0.2) is 13.1 Å². The standard InChI is InChI=1S/C14H22N2O3S/c1-9-6-13(19-3)14(8-12(9)15)20(17,18)16-10(2)7-11-4-5-11/h6,8,10-11,16H,4-5,7,15H2,1-3H3. The van der Waals surface area contributed by atoms with Crippen LogP contribution in [-0.2, 0) is 10.0 Å². The molecule has 112 valence electrons. The molecule has 0 aliphatic heterocycles. The number of rotatable bonds is 6. The molecule has 5 nitrogen and oxygen atoms in total. The maximum absolute atomic E-state index is 12.4. The Hall–Kier alpha value is -1.27. The van der Waals surface area contributed by atoms with Crippen molar-refractivity contribution in [3.63, 3.8) is 0 Å². The van der Waals surface area contributed by atoms with E-state index in [9.17, 15) is 8.42 Å². The highest BCUT2D eigenvalue weighted by Crippen LogP contribution is 2.34. The summed E-state index contributed by atoms with van der Waals surface area (Å²) in [5, 5.41) is 0. The van der Waals surface area contributed by atoms with Gasteiger partial charge in [0.1, 0.15) is 10.6 Å². The van der Waals surface area contributed by atoms with E-state index in [0.29, 0.717) is 17.4 Å². The predicted molar refractivity (Wildman–Crippen MR) is 79.3 cm³/mol. The fraction of sp³-hybridized carbons (Fsp3) is 0.571. The maximum atomic E-state index is 12.4. The van der Waals surface area contributed by atoms with E-state index in [1.54, 1.807) is 6.07 Å². The van der Waals surface area contributed by atoms with Gasteiger partial charge in [-0.15, -0.1) is 0 Å². The van der Waals surface area contributed by atoms with Crippen molar-refractivity contribution in [1.29, 1.82) is 0 Å². The number of nitrogens with one attached hydrogen (secondary N) is 1. The minimum Gasteiger partial charge on any atom is -0.495 e. The van der Waals surface area contributed by atoms with Crippen LogP contribution in [0.5, 0.6) is 5.75 Å². The molecular formula is C14H22N2O3S. The van der Waals surface area contributed by atoms with Crippen LogP contribution < -0.4 is 15.2 Å². The molecule has 0 aromatic heterocycles. The van der Waals surface area contributed by atoms with Gasteiger partial charge >= 0.3 is 0 Å². The van der Waals surface area contributed by atoms with E-state index in [1.807, 2.05) is 13.8 Å². The molecule has 6 heteroatoms. The number of benzene rings is 1. The third-order valence-electron chi connectivity index (χ3n) is 3.58. The Bertz CT molecular complexity index is 595. The SMILES string of the molecule is COc1cc(C)c(N)cc1S(=O)(=O)NC(C)CC1CC1. The van der Waals surface area contributed by atoms with E-state index in [1.165, 1.54) is 26.0 Å². The summed E-state index contributed by atoms with van der Waals surface area (Å²) < 4.78 is 32.8. The Morgan fingerprint density at radius 3 is 2.65 bits per heavy atom. The molecule has 1 unspecified atom stereocenters. The first-order chi connectivity index (χ1) is 9.33. The fourth-order valence-electron chi connectivity index (χ4n) is 2.28. The van der Waals surface area contributed by atoms with Gasteiger partial charge in [-0.3, -0.25) is 0 Å². The molecule has 1 aliphatic carbocycles. The van der Waals surface area contributed by atoms with Crippen LogP contribution in [-0.4, -0.2) is 21.6 Å². The van der Waals surface area contributed by atoms with E-state index < -0.39 is 10.0 Å². The Kier molecular flexibility index (Phi) is 4.25. The van der Waals surface area contributed by atoms with Crippen molar-refractivity contribution in [2.45, 2.75) is 44.0 Å². The van der Waals surface area contributed by atoms with E-state index in [4.69, 9.17) is 10.5 Å². The second-order valence-corrected chi connectivity index (χ2v) is 7.24. The number of nitrogens with two attached hydrogens (primary N) is 1. The lowest BCUT2D eigenvalue weighted by Crippen LogP contribution is -2.33. The van der Waals surface area contributed by atoms with Crippen molar-refractivity contribution in [3.8, 4) is 5.75 Å². The second-order valence-electron chi connectivity index (χ2n) is 5.56. The Morgan fingerprint density at radius 1 is 1.45 bits per heavy atom. The lowest BCUT2D eigenvalue weighted by Gasteiger charge is -2.16. The molecule has 2 rings (SSSR count). The van der Waals surface area contributed by atoms with Crippen LogP contribution in [0.2, 0.25) is 0 Å². The van der Waals surface area contributed by atoms with Gasteiger partial charge in [0.25, 0.3) is 0 Å². The number of anilines is 1. The molecule has 0 spiro atoms. The third kappa shape index (κ3) is 3.43. The minimum absolute atomic E-state index is 0.0836. The Labute approximate surface area is 120 Å². The lowest BCUT2D eigenvalue weighted by atomic mass is 10.2. The smallest absolute Gasteiger partial charge is 0.244 e. The number of ether oxygens (including phenoxy) is 1. The molecular weight excluding hydrogens is 276 g/mol. The first-order valence-corrected chi connectivity index (χ1v) is 8.28.